The molecular formula is C24H30N2. The van der Waals surface area contributed by atoms with Crippen molar-refractivity contribution in [1.29, 1.82) is 0 Å². The van der Waals surface area contributed by atoms with Gasteiger partial charge in [-0.25, -0.2) is 0 Å². The van der Waals surface area contributed by atoms with Gasteiger partial charge in [-0.3, -0.25) is 0 Å². The highest BCUT2D eigenvalue weighted by Gasteiger charge is 2.15. The Kier molecular flexibility index (Phi) is 6.10. The van der Waals surface area contributed by atoms with Crippen molar-refractivity contribution in [3.05, 3.63) is 60.8 Å². The molecule has 26 heavy (non-hydrogen) atoms. The standard InChI is InChI=1S/C20H18N2.2C2H6/c1-5-13-15-11-20-16(12-19(15)21(3)17(13)6-2)14-9-7-8-10-18(14)22(20)4;2*1-2/h5-12H,1-2H2,3-4H3;2*1-2H3. The first-order chi connectivity index (χ1) is 12.7. The number of rotatable bonds is 2. The van der Waals surface area contributed by atoms with E-state index in [0.717, 1.165) is 11.3 Å². The number of fused-ring (bicyclic) bond motifs is 4. The summed E-state index contributed by atoms with van der Waals surface area (Å²) >= 11 is 0. The maximum absolute atomic E-state index is 3.98. The summed E-state index contributed by atoms with van der Waals surface area (Å²) in [6.45, 7) is 15.9. The van der Waals surface area contributed by atoms with Gasteiger partial charge in [0.1, 0.15) is 0 Å². The van der Waals surface area contributed by atoms with E-state index in [1.807, 2.05) is 39.8 Å². The summed E-state index contributed by atoms with van der Waals surface area (Å²) in [4.78, 5) is 0. The van der Waals surface area contributed by atoms with Crippen molar-refractivity contribution in [2.75, 3.05) is 0 Å². The molecule has 2 heterocycles. The quantitative estimate of drug-likeness (QED) is 0.364. The lowest BCUT2D eigenvalue weighted by Gasteiger charge is -2.00. The molecule has 0 N–H and O–H groups in total. The van der Waals surface area contributed by atoms with E-state index in [9.17, 15) is 0 Å². The van der Waals surface area contributed by atoms with Crippen LogP contribution in [0.3, 0.4) is 0 Å². The highest BCUT2D eigenvalue weighted by molar-refractivity contribution is 6.13. The van der Waals surface area contributed by atoms with Crippen LogP contribution in [0.25, 0.3) is 44.9 Å². The third kappa shape index (κ3) is 2.76. The van der Waals surface area contributed by atoms with Crippen LogP contribution >= 0.6 is 0 Å². The fourth-order valence-corrected chi connectivity index (χ4v) is 3.60. The van der Waals surface area contributed by atoms with E-state index in [1.54, 1.807) is 0 Å². The fourth-order valence-electron chi connectivity index (χ4n) is 3.60. The van der Waals surface area contributed by atoms with Crippen LogP contribution in [0, 0.1) is 0 Å². The van der Waals surface area contributed by atoms with E-state index in [1.165, 1.54) is 32.7 Å². The molecule has 0 saturated heterocycles. The number of nitrogens with zero attached hydrogens (tertiary/aromatic N) is 2. The van der Waals surface area contributed by atoms with Crippen molar-refractivity contribution in [2.24, 2.45) is 14.1 Å². The largest absolute Gasteiger partial charge is 0.344 e. The fraction of sp³-hybridized carbons (Fsp3) is 0.250. The van der Waals surface area contributed by atoms with Crippen molar-refractivity contribution in [3.63, 3.8) is 0 Å². The number of aryl methyl sites for hydroxylation is 2. The minimum absolute atomic E-state index is 1.12. The average molecular weight is 347 g/mol. The van der Waals surface area contributed by atoms with Crippen molar-refractivity contribution in [2.45, 2.75) is 27.7 Å². The zero-order chi connectivity index (χ0) is 19.4. The smallest absolute Gasteiger partial charge is 0.0496 e. The zero-order valence-corrected chi connectivity index (χ0v) is 16.9. The summed E-state index contributed by atoms with van der Waals surface area (Å²) in [5, 5.41) is 3.81. The summed E-state index contributed by atoms with van der Waals surface area (Å²) in [5.41, 5.74) is 5.99. The van der Waals surface area contributed by atoms with E-state index in [-0.39, 0.29) is 0 Å². The summed E-state index contributed by atoms with van der Waals surface area (Å²) in [6, 6.07) is 13.1. The first kappa shape index (κ1) is 19.6. The number of benzene rings is 2. The molecule has 4 aromatic rings. The zero-order valence-electron chi connectivity index (χ0n) is 16.9. The average Bonchev–Trinajstić information content (AvgIpc) is 3.15. The third-order valence-corrected chi connectivity index (χ3v) is 4.72. The lowest BCUT2D eigenvalue weighted by atomic mass is 10.1. The van der Waals surface area contributed by atoms with Crippen LogP contribution in [0.1, 0.15) is 39.0 Å². The van der Waals surface area contributed by atoms with Gasteiger partial charge in [0.25, 0.3) is 0 Å². The van der Waals surface area contributed by atoms with Crippen molar-refractivity contribution < 1.29 is 0 Å². The second kappa shape index (κ2) is 8.09. The molecule has 0 amide bonds. The molecule has 4 rings (SSSR count). The molecule has 2 nitrogen and oxygen atoms in total. The number of aromatic nitrogens is 2. The Morgan fingerprint density at radius 1 is 0.692 bits per heavy atom. The summed E-state index contributed by atoms with van der Waals surface area (Å²) in [6.07, 6.45) is 3.83. The van der Waals surface area contributed by atoms with Crippen LogP contribution in [0.5, 0.6) is 0 Å². The first-order valence-corrected chi connectivity index (χ1v) is 9.41. The van der Waals surface area contributed by atoms with E-state index in [4.69, 9.17) is 0 Å². The van der Waals surface area contributed by atoms with Crippen LogP contribution in [-0.2, 0) is 14.1 Å². The Hall–Kier alpha value is -2.74. The predicted octanol–water partition coefficient (Wildman–Crippen LogP) is 7.16. The van der Waals surface area contributed by atoms with E-state index < -0.39 is 0 Å². The van der Waals surface area contributed by atoms with Gasteiger partial charge in [0.15, 0.2) is 0 Å². The van der Waals surface area contributed by atoms with Gasteiger partial charge in [-0.1, -0.05) is 65.1 Å². The molecule has 2 heteroatoms. The molecule has 0 aliphatic carbocycles. The summed E-state index contributed by atoms with van der Waals surface area (Å²) < 4.78 is 4.46. The molecule has 0 spiro atoms. The Morgan fingerprint density at radius 2 is 1.27 bits per heavy atom. The Bertz CT molecular complexity index is 1070. The van der Waals surface area contributed by atoms with Crippen molar-refractivity contribution in [1.82, 2.24) is 9.13 Å². The highest BCUT2D eigenvalue weighted by Crippen LogP contribution is 2.35. The van der Waals surface area contributed by atoms with Gasteiger partial charge in [-0.2, -0.15) is 0 Å². The van der Waals surface area contributed by atoms with Gasteiger partial charge in [-0.15, -0.1) is 0 Å². The van der Waals surface area contributed by atoms with Crippen LogP contribution in [0.2, 0.25) is 0 Å². The molecule has 0 saturated carbocycles. The minimum Gasteiger partial charge on any atom is -0.344 e. The van der Waals surface area contributed by atoms with Crippen LogP contribution in [0.15, 0.2) is 49.6 Å². The molecule has 0 bridgehead atoms. The van der Waals surface area contributed by atoms with E-state index >= 15 is 0 Å². The molecule has 0 fully saturated rings. The Morgan fingerprint density at radius 3 is 1.88 bits per heavy atom. The van der Waals surface area contributed by atoms with Crippen LogP contribution in [-0.4, -0.2) is 9.13 Å². The second-order valence-electron chi connectivity index (χ2n) is 5.73. The number of para-hydroxylation sites is 1. The van der Waals surface area contributed by atoms with Gasteiger partial charge in [0.2, 0.25) is 0 Å². The maximum atomic E-state index is 3.98. The second-order valence-corrected chi connectivity index (χ2v) is 5.73. The van der Waals surface area contributed by atoms with Gasteiger partial charge in [0, 0.05) is 58.1 Å². The molecule has 0 atom stereocenters. The minimum atomic E-state index is 1.12. The normalized spacial score (nSPS) is 10.2. The van der Waals surface area contributed by atoms with Crippen LogP contribution in [0.4, 0.5) is 0 Å². The molecule has 136 valence electrons. The topological polar surface area (TPSA) is 9.86 Å². The SMILES string of the molecule is C=Cc1c(C=C)n(C)c2cc3c4ccccc4n(C)c3cc12.CC.CC. The lowest BCUT2D eigenvalue weighted by Crippen LogP contribution is -1.90. The molecular weight excluding hydrogens is 316 g/mol. The molecule has 2 aromatic heterocycles. The van der Waals surface area contributed by atoms with Crippen molar-refractivity contribution >= 4 is 44.9 Å². The van der Waals surface area contributed by atoms with Gasteiger partial charge >= 0.3 is 0 Å². The monoisotopic (exact) mass is 346 g/mol. The van der Waals surface area contributed by atoms with Crippen LogP contribution < -0.4 is 0 Å². The maximum Gasteiger partial charge on any atom is 0.0496 e. The van der Waals surface area contributed by atoms with E-state index in [0.29, 0.717) is 0 Å². The summed E-state index contributed by atoms with van der Waals surface area (Å²) in [5.74, 6) is 0. The Balaban J connectivity index is 0.000000570. The summed E-state index contributed by atoms with van der Waals surface area (Å²) in [7, 11) is 4.21. The Labute approximate surface area is 157 Å². The van der Waals surface area contributed by atoms with Crippen molar-refractivity contribution in [3.8, 4) is 0 Å². The molecule has 0 unspecified atom stereocenters. The molecule has 0 aliphatic heterocycles. The first-order valence-electron chi connectivity index (χ1n) is 9.41. The third-order valence-electron chi connectivity index (χ3n) is 4.72. The predicted molar refractivity (Wildman–Crippen MR) is 120 cm³/mol. The van der Waals surface area contributed by atoms with E-state index in [2.05, 4.69) is 72.8 Å². The van der Waals surface area contributed by atoms with Gasteiger partial charge in [0.05, 0.1) is 0 Å². The number of hydrogen-bond acceptors (Lipinski definition) is 0. The highest BCUT2D eigenvalue weighted by atomic mass is 15.0. The molecule has 0 aliphatic rings. The van der Waals surface area contributed by atoms with Gasteiger partial charge in [-0.05, 0) is 24.3 Å². The van der Waals surface area contributed by atoms with Gasteiger partial charge < -0.3 is 9.13 Å². The molecule has 0 radical (unpaired) electrons. The molecule has 2 aromatic carbocycles. The number of hydrogen-bond donors (Lipinski definition) is 0. The lowest BCUT2D eigenvalue weighted by molar-refractivity contribution is 0.954.